The number of carbonyl (C=O) groups is 1. The number of allylic oxidation sites excluding steroid dienone is 1. The van der Waals surface area contributed by atoms with Crippen molar-refractivity contribution in [1.29, 1.82) is 0 Å². The van der Waals surface area contributed by atoms with Crippen LogP contribution in [0.15, 0.2) is 29.8 Å². The van der Waals surface area contributed by atoms with E-state index in [-0.39, 0.29) is 0 Å². The van der Waals surface area contributed by atoms with Crippen LogP contribution in [0.1, 0.15) is 90.2 Å². The van der Waals surface area contributed by atoms with Gasteiger partial charge in [0, 0.05) is 19.5 Å². The van der Waals surface area contributed by atoms with E-state index < -0.39 is 0 Å². The molecule has 1 heterocycles. The normalized spacial score (nSPS) is 40.5. The molecule has 170 valence electrons. The maximum absolute atomic E-state index is 12.3. The average molecular weight is 422 g/mol. The van der Waals surface area contributed by atoms with Crippen molar-refractivity contribution in [2.75, 3.05) is 7.05 Å². The van der Waals surface area contributed by atoms with Crippen LogP contribution in [0.2, 0.25) is 0 Å². The average Bonchev–Trinajstić information content (AvgIpc) is 3.10. The Hall–Kier alpha value is -1.57. The van der Waals surface area contributed by atoms with Gasteiger partial charge in [-0.1, -0.05) is 69.2 Å². The fraction of sp³-hybridized carbons (Fsp3) is 0.690. The van der Waals surface area contributed by atoms with Crippen molar-refractivity contribution in [2.24, 2.45) is 28.6 Å². The Morgan fingerprint density at radius 2 is 1.65 bits per heavy atom. The van der Waals surface area contributed by atoms with Gasteiger partial charge in [0.05, 0.1) is 0 Å². The summed E-state index contributed by atoms with van der Waals surface area (Å²) < 4.78 is 0. The van der Waals surface area contributed by atoms with Crippen molar-refractivity contribution >= 4 is 12.0 Å². The first kappa shape index (κ1) is 22.6. The molecule has 1 aromatic rings. The molecule has 31 heavy (non-hydrogen) atoms. The molecule has 0 N–H and O–H groups in total. The van der Waals surface area contributed by atoms with Gasteiger partial charge in [0.1, 0.15) is 0 Å². The number of hydrogen-bond acceptors (Lipinski definition) is 1. The van der Waals surface area contributed by atoms with Gasteiger partial charge in [0.2, 0.25) is 5.91 Å². The van der Waals surface area contributed by atoms with E-state index in [1.807, 2.05) is 13.8 Å². The second-order valence-corrected chi connectivity index (χ2v) is 11.1. The van der Waals surface area contributed by atoms with Gasteiger partial charge in [0.25, 0.3) is 0 Å². The molecule has 0 spiro atoms. The first-order valence-corrected chi connectivity index (χ1v) is 12.9. The smallest absolute Gasteiger partial charge is 0.222 e. The van der Waals surface area contributed by atoms with E-state index in [0.29, 0.717) is 22.8 Å². The van der Waals surface area contributed by atoms with E-state index >= 15 is 0 Å². The Balaban J connectivity index is 0.00000112. The Morgan fingerprint density at radius 1 is 0.935 bits per heavy atom. The van der Waals surface area contributed by atoms with Crippen LogP contribution in [0, 0.1) is 35.5 Å². The van der Waals surface area contributed by atoms with Gasteiger partial charge in [-0.3, -0.25) is 4.79 Å². The summed E-state index contributed by atoms with van der Waals surface area (Å²) in [5.41, 5.74) is 5.12. The topological polar surface area (TPSA) is 20.3 Å². The second kappa shape index (κ2) is 8.41. The molecule has 6 atom stereocenters. The molecule has 5 rings (SSSR count). The number of fused-ring (bicyclic) bond motifs is 5. The predicted molar refractivity (Wildman–Crippen MR) is 131 cm³/mol. The number of carbonyl (C=O) groups excluding carboxylic acids is 1. The Labute approximate surface area is 190 Å². The van der Waals surface area contributed by atoms with Crippen LogP contribution in [0.5, 0.6) is 0 Å². The highest BCUT2D eigenvalue weighted by molar-refractivity contribution is 5.77. The quantitative estimate of drug-likeness (QED) is 0.467. The third-order valence-corrected chi connectivity index (χ3v) is 9.82. The minimum Gasteiger partial charge on any atom is -0.342 e. The number of benzene rings is 1. The van der Waals surface area contributed by atoms with Crippen molar-refractivity contribution in [3.8, 4) is 0 Å². The van der Waals surface area contributed by atoms with Crippen LogP contribution in [-0.4, -0.2) is 23.9 Å². The van der Waals surface area contributed by atoms with Crippen molar-refractivity contribution in [3.05, 3.63) is 41.0 Å². The highest BCUT2D eigenvalue weighted by Crippen LogP contribution is 2.66. The lowest BCUT2D eigenvalue weighted by Crippen LogP contribution is -2.61. The van der Waals surface area contributed by atoms with E-state index in [9.17, 15) is 4.79 Å². The number of nitrogens with zero attached hydrogens (tertiary/aromatic N) is 1. The lowest BCUT2D eigenvalue weighted by Gasteiger charge is -2.61. The van der Waals surface area contributed by atoms with Crippen molar-refractivity contribution in [1.82, 2.24) is 4.90 Å². The highest BCUT2D eigenvalue weighted by atomic mass is 16.2. The van der Waals surface area contributed by atoms with E-state index in [4.69, 9.17) is 0 Å². The van der Waals surface area contributed by atoms with Gasteiger partial charge < -0.3 is 4.90 Å². The maximum Gasteiger partial charge on any atom is 0.222 e. The number of hydrogen-bond donors (Lipinski definition) is 0. The van der Waals surface area contributed by atoms with Crippen LogP contribution in [0.3, 0.4) is 0 Å². The van der Waals surface area contributed by atoms with Crippen LogP contribution in [0.25, 0.3) is 6.08 Å². The van der Waals surface area contributed by atoms with E-state index in [1.165, 1.54) is 49.7 Å². The summed E-state index contributed by atoms with van der Waals surface area (Å²) in [7, 11) is 2.07. The third-order valence-electron chi connectivity index (χ3n) is 9.82. The number of rotatable bonds is 1. The molecule has 4 aliphatic rings. The maximum atomic E-state index is 12.3. The van der Waals surface area contributed by atoms with E-state index in [2.05, 4.69) is 63.1 Å². The lowest BCUT2D eigenvalue weighted by atomic mass is 9.47. The Bertz CT molecular complexity index is 839. The highest BCUT2D eigenvalue weighted by Gasteiger charge is 2.59. The Kier molecular flexibility index (Phi) is 6.14. The molecule has 1 saturated heterocycles. The van der Waals surface area contributed by atoms with Gasteiger partial charge in [-0.2, -0.15) is 0 Å². The number of likely N-dealkylation sites (tertiary alicyclic amines) is 1. The number of aryl methyl sites for hydroxylation is 1. The molecular weight excluding hydrogens is 378 g/mol. The molecule has 2 heteroatoms. The zero-order chi connectivity index (χ0) is 22.4. The minimum atomic E-state index is 0.330. The SMILES string of the molecule is CC.Cc1ccc(/C=C2\CCC3C4CCC5N(C)C(=O)CCC5(C)C4CCC23C)cc1. The molecule has 2 nitrogen and oxygen atoms in total. The molecule has 0 bridgehead atoms. The zero-order valence-corrected chi connectivity index (χ0v) is 20.7. The molecule has 3 aliphatic carbocycles. The first-order valence-electron chi connectivity index (χ1n) is 12.9. The van der Waals surface area contributed by atoms with Gasteiger partial charge in [-0.25, -0.2) is 0 Å². The number of piperidine rings is 1. The van der Waals surface area contributed by atoms with Crippen LogP contribution < -0.4 is 0 Å². The first-order chi connectivity index (χ1) is 14.8. The zero-order valence-electron chi connectivity index (χ0n) is 20.7. The second-order valence-electron chi connectivity index (χ2n) is 11.1. The Morgan fingerprint density at radius 3 is 2.35 bits per heavy atom. The largest absolute Gasteiger partial charge is 0.342 e. The molecule has 1 amide bonds. The van der Waals surface area contributed by atoms with Crippen molar-refractivity contribution in [3.63, 3.8) is 0 Å². The standard InChI is InChI=1S/C27H37NO.C2H6/c1-18-5-7-19(8-6-18)17-20-9-11-22-21-10-12-24-27(3,16-14-25(29)28(24)4)23(21)13-15-26(20,22)2;1-2/h5-8,17,21-24H,9-16H2,1-4H3;1-2H3/b20-17+;. The molecule has 1 aromatic carbocycles. The van der Waals surface area contributed by atoms with Crippen LogP contribution >= 0.6 is 0 Å². The molecule has 6 unspecified atom stereocenters. The van der Waals surface area contributed by atoms with Gasteiger partial charge in [-0.05, 0) is 86.0 Å². The summed E-state index contributed by atoms with van der Waals surface area (Å²) in [5, 5.41) is 0. The van der Waals surface area contributed by atoms with E-state index in [0.717, 1.165) is 30.6 Å². The summed E-state index contributed by atoms with van der Waals surface area (Å²) in [6, 6.07) is 9.51. The summed E-state index contributed by atoms with van der Waals surface area (Å²) in [5.74, 6) is 2.85. The fourth-order valence-corrected chi connectivity index (χ4v) is 8.10. The summed E-state index contributed by atoms with van der Waals surface area (Å²) >= 11 is 0. The lowest BCUT2D eigenvalue weighted by molar-refractivity contribution is -0.156. The minimum absolute atomic E-state index is 0.330. The summed E-state index contributed by atoms with van der Waals surface area (Å²) in [6.45, 7) is 11.3. The van der Waals surface area contributed by atoms with Crippen molar-refractivity contribution in [2.45, 2.75) is 92.0 Å². The summed E-state index contributed by atoms with van der Waals surface area (Å²) in [6.07, 6.45) is 12.2. The van der Waals surface area contributed by atoms with Gasteiger partial charge in [-0.15, -0.1) is 0 Å². The van der Waals surface area contributed by atoms with Gasteiger partial charge in [0.15, 0.2) is 0 Å². The molecule has 0 aromatic heterocycles. The molecular formula is C29H43NO. The molecule has 4 fully saturated rings. The fourth-order valence-electron chi connectivity index (χ4n) is 8.10. The van der Waals surface area contributed by atoms with E-state index in [1.54, 1.807) is 5.57 Å². The molecule has 1 aliphatic heterocycles. The monoisotopic (exact) mass is 421 g/mol. The van der Waals surface area contributed by atoms with Crippen LogP contribution in [-0.2, 0) is 4.79 Å². The number of amides is 1. The third kappa shape index (κ3) is 3.58. The molecule has 0 radical (unpaired) electrons. The summed E-state index contributed by atoms with van der Waals surface area (Å²) in [4.78, 5) is 14.5. The van der Waals surface area contributed by atoms with Crippen LogP contribution in [0.4, 0.5) is 0 Å². The predicted octanol–water partition coefficient (Wildman–Crippen LogP) is 7.27. The molecule has 3 saturated carbocycles. The van der Waals surface area contributed by atoms with Crippen molar-refractivity contribution < 1.29 is 4.79 Å². The van der Waals surface area contributed by atoms with Gasteiger partial charge >= 0.3 is 0 Å².